The molecule has 0 aliphatic heterocycles. The third-order valence-electron chi connectivity index (χ3n) is 3.93. The molecule has 1 amide bonds. The highest BCUT2D eigenvalue weighted by Crippen LogP contribution is 2.26. The second-order valence-electron chi connectivity index (χ2n) is 5.69. The van der Waals surface area contributed by atoms with Gasteiger partial charge in [0, 0.05) is 23.5 Å². The number of nitrogens with one attached hydrogen (secondary N) is 1. The number of imidazole rings is 1. The van der Waals surface area contributed by atoms with Crippen molar-refractivity contribution < 1.29 is 4.79 Å². The highest BCUT2D eigenvalue weighted by atomic mass is 32.1. The number of hydrogen-bond acceptors (Lipinski definition) is 6. The van der Waals surface area contributed by atoms with Gasteiger partial charge >= 0.3 is 0 Å². The summed E-state index contributed by atoms with van der Waals surface area (Å²) in [5.41, 5.74) is 5.50. The largest absolute Gasteiger partial charge is 0.271 e. The Bertz CT molecular complexity index is 1100. The summed E-state index contributed by atoms with van der Waals surface area (Å²) >= 11 is 1.55. The van der Waals surface area contributed by atoms with E-state index < -0.39 is 0 Å². The lowest BCUT2D eigenvalue weighted by atomic mass is 10.1. The van der Waals surface area contributed by atoms with Crippen molar-refractivity contribution >= 4 is 28.4 Å². The highest BCUT2D eigenvalue weighted by molar-refractivity contribution is 7.16. The number of hydrazone groups is 1. The van der Waals surface area contributed by atoms with Crippen LogP contribution in [-0.4, -0.2) is 31.7 Å². The SMILES string of the molecule is CCc1nn2c(/C=N\NC(=O)c3ccncc3)c(-c3ccccc3)nc2s1. The summed E-state index contributed by atoms with van der Waals surface area (Å²) in [6.45, 7) is 2.05. The van der Waals surface area contributed by atoms with E-state index in [1.807, 2.05) is 30.3 Å². The molecule has 0 radical (unpaired) electrons. The van der Waals surface area contributed by atoms with Crippen molar-refractivity contribution in [3.05, 3.63) is 71.1 Å². The molecule has 8 heteroatoms. The van der Waals surface area contributed by atoms with E-state index >= 15 is 0 Å². The maximum atomic E-state index is 12.2. The molecule has 134 valence electrons. The Morgan fingerprint density at radius 2 is 2.00 bits per heavy atom. The average Bonchev–Trinajstić information content (AvgIpc) is 3.27. The van der Waals surface area contributed by atoms with Crippen molar-refractivity contribution in [1.82, 2.24) is 25.0 Å². The normalized spacial score (nSPS) is 11.3. The number of carbonyl (C=O) groups is 1. The molecule has 0 atom stereocenters. The first-order valence-corrected chi connectivity index (χ1v) is 9.25. The highest BCUT2D eigenvalue weighted by Gasteiger charge is 2.16. The molecule has 4 rings (SSSR count). The van der Waals surface area contributed by atoms with Gasteiger partial charge in [0.15, 0.2) is 0 Å². The number of nitrogens with zero attached hydrogens (tertiary/aromatic N) is 5. The summed E-state index contributed by atoms with van der Waals surface area (Å²) in [4.78, 5) is 21.6. The van der Waals surface area contributed by atoms with Crippen LogP contribution in [0, 0.1) is 0 Å². The Morgan fingerprint density at radius 1 is 1.22 bits per heavy atom. The zero-order chi connectivity index (χ0) is 18.6. The van der Waals surface area contributed by atoms with Gasteiger partial charge in [-0.3, -0.25) is 9.78 Å². The number of aromatic nitrogens is 4. The van der Waals surface area contributed by atoms with Gasteiger partial charge in [0.05, 0.1) is 6.21 Å². The van der Waals surface area contributed by atoms with E-state index in [-0.39, 0.29) is 5.91 Å². The maximum Gasteiger partial charge on any atom is 0.271 e. The lowest BCUT2D eigenvalue weighted by molar-refractivity contribution is 0.0955. The Morgan fingerprint density at radius 3 is 2.74 bits per heavy atom. The first-order chi connectivity index (χ1) is 13.3. The first-order valence-electron chi connectivity index (χ1n) is 8.43. The minimum atomic E-state index is -0.303. The molecule has 3 aromatic heterocycles. The van der Waals surface area contributed by atoms with Crippen LogP contribution in [-0.2, 0) is 6.42 Å². The Hall–Kier alpha value is -3.39. The first kappa shape index (κ1) is 17.0. The molecule has 0 bridgehead atoms. The van der Waals surface area contributed by atoms with Crippen molar-refractivity contribution in [3.8, 4) is 11.3 Å². The quantitative estimate of drug-likeness (QED) is 0.428. The van der Waals surface area contributed by atoms with Crippen molar-refractivity contribution in [3.63, 3.8) is 0 Å². The number of aryl methyl sites for hydroxylation is 1. The van der Waals surface area contributed by atoms with Gasteiger partial charge in [-0.15, -0.1) is 0 Å². The minimum Gasteiger partial charge on any atom is -0.267 e. The summed E-state index contributed by atoms with van der Waals surface area (Å²) in [5, 5.41) is 9.71. The van der Waals surface area contributed by atoms with Crippen LogP contribution >= 0.6 is 11.3 Å². The Labute approximate surface area is 159 Å². The van der Waals surface area contributed by atoms with E-state index in [0.29, 0.717) is 5.56 Å². The van der Waals surface area contributed by atoms with Crippen molar-refractivity contribution in [1.29, 1.82) is 0 Å². The van der Waals surface area contributed by atoms with E-state index in [9.17, 15) is 4.79 Å². The van der Waals surface area contributed by atoms with Gasteiger partial charge in [-0.1, -0.05) is 48.6 Å². The van der Waals surface area contributed by atoms with Gasteiger partial charge in [0.1, 0.15) is 16.4 Å². The third-order valence-corrected chi connectivity index (χ3v) is 4.98. The summed E-state index contributed by atoms with van der Waals surface area (Å²) < 4.78 is 1.77. The molecular formula is C19H16N6OS. The van der Waals surface area contributed by atoms with Crippen LogP contribution in [0.4, 0.5) is 0 Å². The molecule has 4 aromatic rings. The van der Waals surface area contributed by atoms with Crippen LogP contribution in [0.5, 0.6) is 0 Å². The van der Waals surface area contributed by atoms with Gasteiger partial charge in [-0.2, -0.15) is 10.2 Å². The Kier molecular flexibility index (Phi) is 4.71. The summed E-state index contributed by atoms with van der Waals surface area (Å²) in [6.07, 6.45) is 5.55. The number of hydrogen-bond donors (Lipinski definition) is 1. The van der Waals surface area contributed by atoms with Gasteiger partial charge in [-0.25, -0.2) is 14.9 Å². The molecule has 0 fully saturated rings. The number of carbonyl (C=O) groups excluding carboxylic acids is 1. The van der Waals surface area contributed by atoms with E-state index in [4.69, 9.17) is 4.98 Å². The van der Waals surface area contributed by atoms with E-state index in [1.54, 1.807) is 46.6 Å². The summed E-state index contributed by atoms with van der Waals surface area (Å²) in [7, 11) is 0. The van der Waals surface area contributed by atoms with E-state index in [1.165, 1.54) is 0 Å². The molecule has 0 spiro atoms. The summed E-state index contributed by atoms with van der Waals surface area (Å²) in [5.74, 6) is -0.303. The van der Waals surface area contributed by atoms with Crippen molar-refractivity contribution in [2.75, 3.05) is 0 Å². The lowest BCUT2D eigenvalue weighted by Gasteiger charge is -2.00. The number of amides is 1. The molecule has 0 aliphatic carbocycles. The second kappa shape index (κ2) is 7.46. The third kappa shape index (κ3) is 3.47. The zero-order valence-electron chi connectivity index (χ0n) is 14.5. The smallest absolute Gasteiger partial charge is 0.267 e. The van der Waals surface area contributed by atoms with Crippen molar-refractivity contribution in [2.24, 2.45) is 5.10 Å². The minimum absolute atomic E-state index is 0.303. The Balaban J connectivity index is 1.68. The van der Waals surface area contributed by atoms with E-state index in [0.717, 1.165) is 33.3 Å². The number of benzene rings is 1. The molecule has 0 saturated heterocycles. The van der Waals surface area contributed by atoms with E-state index in [2.05, 4.69) is 27.5 Å². The standard InChI is InChI=1S/C19H16N6OS/c1-2-16-24-25-15(12-21-23-18(26)14-8-10-20-11-9-14)17(22-19(25)27-16)13-6-4-3-5-7-13/h3-12H,2H2,1H3,(H,23,26)/b21-12-. The number of pyridine rings is 1. The molecule has 7 nitrogen and oxygen atoms in total. The molecule has 0 aliphatic rings. The summed E-state index contributed by atoms with van der Waals surface area (Å²) in [6, 6.07) is 13.1. The second-order valence-corrected chi connectivity index (χ2v) is 6.73. The number of fused-ring (bicyclic) bond motifs is 1. The van der Waals surface area contributed by atoms with Crippen LogP contribution in [0.15, 0.2) is 60.0 Å². The fraction of sp³-hybridized carbons (Fsp3) is 0.105. The molecule has 0 unspecified atom stereocenters. The monoisotopic (exact) mass is 376 g/mol. The number of rotatable bonds is 5. The van der Waals surface area contributed by atoms with Gasteiger partial charge < -0.3 is 0 Å². The average molecular weight is 376 g/mol. The van der Waals surface area contributed by atoms with Gasteiger partial charge in [0.2, 0.25) is 4.96 Å². The van der Waals surface area contributed by atoms with Crippen LogP contribution in [0.2, 0.25) is 0 Å². The van der Waals surface area contributed by atoms with Crippen LogP contribution in [0.1, 0.15) is 28.0 Å². The fourth-order valence-electron chi connectivity index (χ4n) is 2.59. The molecule has 0 saturated carbocycles. The molecule has 1 aromatic carbocycles. The van der Waals surface area contributed by atoms with Crippen molar-refractivity contribution in [2.45, 2.75) is 13.3 Å². The predicted octanol–water partition coefficient (Wildman–Crippen LogP) is 3.18. The molecule has 27 heavy (non-hydrogen) atoms. The fourth-order valence-corrected chi connectivity index (χ4v) is 3.43. The van der Waals surface area contributed by atoms with Gasteiger partial charge in [0.25, 0.3) is 5.91 Å². The van der Waals surface area contributed by atoms with Crippen LogP contribution in [0.3, 0.4) is 0 Å². The molecule has 3 heterocycles. The molecular weight excluding hydrogens is 360 g/mol. The lowest BCUT2D eigenvalue weighted by Crippen LogP contribution is -2.17. The predicted molar refractivity (Wildman–Crippen MR) is 105 cm³/mol. The van der Waals surface area contributed by atoms with Crippen LogP contribution in [0.25, 0.3) is 16.2 Å². The van der Waals surface area contributed by atoms with Gasteiger partial charge in [-0.05, 0) is 18.6 Å². The zero-order valence-corrected chi connectivity index (χ0v) is 15.3. The molecule has 1 N–H and O–H groups in total. The maximum absolute atomic E-state index is 12.2. The van der Waals surface area contributed by atoms with Crippen LogP contribution < -0.4 is 5.43 Å². The topological polar surface area (TPSA) is 84.5 Å².